The molecular formula is C9H11ClF3N3S. The van der Waals surface area contributed by atoms with Crippen LogP contribution < -0.4 is 5.32 Å². The molecule has 0 radical (unpaired) electrons. The summed E-state index contributed by atoms with van der Waals surface area (Å²) in [4.78, 5) is 6.53. The largest absolute Gasteiger partial charge is 0.451 e. The second-order valence-electron chi connectivity index (χ2n) is 3.40. The first kappa shape index (κ1) is 14.4. The van der Waals surface area contributed by atoms with Crippen LogP contribution in [-0.4, -0.2) is 28.0 Å². The number of anilines is 1. The molecule has 1 unspecified atom stereocenters. The van der Waals surface area contributed by atoms with Gasteiger partial charge in [-0.2, -0.15) is 24.9 Å². The minimum Gasteiger partial charge on any atom is -0.367 e. The number of nitrogens with one attached hydrogen (secondary N) is 1. The van der Waals surface area contributed by atoms with Crippen LogP contribution in [0.2, 0.25) is 5.15 Å². The predicted octanol–water partition coefficient (Wildman–Crippen LogP) is 3.31. The van der Waals surface area contributed by atoms with Crippen molar-refractivity contribution in [3.05, 3.63) is 17.0 Å². The van der Waals surface area contributed by atoms with Gasteiger partial charge in [0.1, 0.15) is 11.0 Å². The Hall–Kier alpha value is -0.690. The Morgan fingerprint density at radius 3 is 2.65 bits per heavy atom. The van der Waals surface area contributed by atoms with Crippen LogP contribution in [0.25, 0.3) is 0 Å². The van der Waals surface area contributed by atoms with Crippen molar-refractivity contribution in [2.24, 2.45) is 0 Å². The molecule has 0 saturated heterocycles. The molecule has 17 heavy (non-hydrogen) atoms. The van der Waals surface area contributed by atoms with Crippen molar-refractivity contribution in [1.29, 1.82) is 0 Å². The molecule has 0 aliphatic carbocycles. The van der Waals surface area contributed by atoms with Crippen molar-refractivity contribution in [2.45, 2.75) is 19.1 Å². The number of nitrogens with zero attached hydrogens (tertiary/aromatic N) is 2. The average Bonchev–Trinajstić information content (AvgIpc) is 2.15. The highest BCUT2D eigenvalue weighted by Gasteiger charge is 2.35. The molecule has 0 fully saturated rings. The fourth-order valence-electron chi connectivity index (χ4n) is 1.16. The van der Waals surface area contributed by atoms with Crippen LogP contribution in [0.1, 0.15) is 12.7 Å². The van der Waals surface area contributed by atoms with E-state index in [0.29, 0.717) is 0 Å². The lowest BCUT2D eigenvalue weighted by Gasteiger charge is -2.14. The van der Waals surface area contributed by atoms with E-state index in [1.165, 1.54) is 6.07 Å². The van der Waals surface area contributed by atoms with Crippen molar-refractivity contribution in [2.75, 3.05) is 17.3 Å². The molecule has 0 bridgehead atoms. The van der Waals surface area contributed by atoms with Crippen LogP contribution in [0.3, 0.4) is 0 Å². The van der Waals surface area contributed by atoms with E-state index in [9.17, 15) is 13.2 Å². The summed E-state index contributed by atoms with van der Waals surface area (Å²) in [5.41, 5.74) is 0. The summed E-state index contributed by atoms with van der Waals surface area (Å²) >= 11 is 7.10. The van der Waals surface area contributed by atoms with Crippen LogP contribution in [-0.2, 0) is 6.18 Å². The lowest BCUT2D eigenvalue weighted by molar-refractivity contribution is -0.144. The molecule has 8 heteroatoms. The smallest absolute Gasteiger partial charge is 0.367 e. The van der Waals surface area contributed by atoms with Crippen molar-refractivity contribution in [1.82, 2.24) is 9.97 Å². The van der Waals surface area contributed by atoms with E-state index in [0.717, 1.165) is 5.75 Å². The number of alkyl halides is 3. The van der Waals surface area contributed by atoms with E-state index in [4.69, 9.17) is 11.6 Å². The van der Waals surface area contributed by atoms with Crippen LogP contribution in [0.5, 0.6) is 0 Å². The van der Waals surface area contributed by atoms with E-state index >= 15 is 0 Å². The van der Waals surface area contributed by atoms with Gasteiger partial charge in [-0.3, -0.25) is 0 Å². The monoisotopic (exact) mass is 285 g/mol. The Labute approximate surface area is 106 Å². The van der Waals surface area contributed by atoms with Gasteiger partial charge in [-0.15, -0.1) is 0 Å². The first-order chi connectivity index (χ1) is 7.82. The molecule has 1 heterocycles. The highest BCUT2D eigenvalue weighted by atomic mass is 35.5. The van der Waals surface area contributed by atoms with Gasteiger partial charge in [0.25, 0.3) is 0 Å². The average molecular weight is 286 g/mol. The molecule has 0 aromatic carbocycles. The third-order valence-corrected chi connectivity index (χ3v) is 2.79. The third kappa shape index (κ3) is 4.59. The third-order valence-electron chi connectivity index (χ3n) is 1.76. The normalized spacial score (nSPS) is 13.5. The van der Waals surface area contributed by atoms with Crippen molar-refractivity contribution >= 4 is 29.2 Å². The summed E-state index contributed by atoms with van der Waals surface area (Å²) in [6.07, 6.45) is -2.68. The van der Waals surface area contributed by atoms with E-state index in [-0.39, 0.29) is 17.0 Å². The first-order valence-electron chi connectivity index (χ1n) is 4.70. The Morgan fingerprint density at radius 2 is 2.12 bits per heavy atom. The lowest BCUT2D eigenvalue weighted by Crippen LogP contribution is -2.20. The van der Waals surface area contributed by atoms with E-state index < -0.39 is 12.0 Å². The van der Waals surface area contributed by atoms with E-state index in [1.807, 2.05) is 13.2 Å². The number of hydrogen-bond acceptors (Lipinski definition) is 4. The summed E-state index contributed by atoms with van der Waals surface area (Å²) in [6.45, 7) is 1.85. The second-order valence-corrected chi connectivity index (χ2v) is 4.70. The molecule has 0 aliphatic heterocycles. The fourth-order valence-corrected chi connectivity index (χ4v) is 1.93. The summed E-state index contributed by atoms with van der Waals surface area (Å²) < 4.78 is 37.3. The molecular weight excluding hydrogens is 275 g/mol. The minimum atomic E-state index is -4.59. The first-order valence-corrected chi connectivity index (χ1v) is 6.47. The van der Waals surface area contributed by atoms with E-state index in [1.54, 1.807) is 11.8 Å². The Balaban J connectivity index is 2.90. The molecule has 0 saturated carbocycles. The van der Waals surface area contributed by atoms with Crippen molar-refractivity contribution < 1.29 is 13.2 Å². The number of hydrogen-bond donors (Lipinski definition) is 1. The number of thioether (sulfide) groups is 1. The molecule has 1 aromatic heterocycles. The Morgan fingerprint density at radius 1 is 1.47 bits per heavy atom. The van der Waals surface area contributed by atoms with Gasteiger partial charge in [0.15, 0.2) is 0 Å². The van der Waals surface area contributed by atoms with E-state index in [2.05, 4.69) is 15.3 Å². The topological polar surface area (TPSA) is 37.8 Å². The zero-order valence-electron chi connectivity index (χ0n) is 9.18. The van der Waals surface area contributed by atoms with Gasteiger partial charge in [-0.1, -0.05) is 11.6 Å². The minimum absolute atomic E-state index is 0.00273. The van der Waals surface area contributed by atoms with Gasteiger partial charge in [0, 0.05) is 17.9 Å². The van der Waals surface area contributed by atoms with Gasteiger partial charge in [0.2, 0.25) is 5.82 Å². The van der Waals surface area contributed by atoms with Gasteiger partial charge in [0.05, 0.1) is 0 Å². The number of aromatic nitrogens is 2. The predicted molar refractivity (Wildman–Crippen MR) is 63.5 cm³/mol. The maximum Gasteiger partial charge on any atom is 0.451 e. The quantitative estimate of drug-likeness (QED) is 0.861. The second kappa shape index (κ2) is 5.77. The van der Waals surface area contributed by atoms with Crippen LogP contribution in [0.15, 0.2) is 6.07 Å². The molecule has 0 spiro atoms. The molecule has 1 atom stereocenters. The van der Waals surface area contributed by atoms with Crippen LogP contribution in [0.4, 0.5) is 19.0 Å². The molecule has 0 aliphatic rings. The highest BCUT2D eigenvalue weighted by molar-refractivity contribution is 7.98. The number of halogens is 4. The summed E-state index contributed by atoms with van der Waals surface area (Å²) in [5, 5.41) is 2.61. The van der Waals surface area contributed by atoms with Crippen molar-refractivity contribution in [3.63, 3.8) is 0 Å². The molecule has 1 rings (SSSR count). The maximum atomic E-state index is 12.4. The van der Waals surface area contributed by atoms with Gasteiger partial charge in [-0.05, 0) is 13.2 Å². The molecule has 3 nitrogen and oxygen atoms in total. The van der Waals surface area contributed by atoms with Crippen molar-refractivity contribution in [3.8, 4) is 0 Å². The molecule has 96 valence electrons. The highest BCUT2D eigenvalue weighted by Crippen LogP contribution is 2.28. The molecule has 1 N–H and O–H groups in total. The van der Waals surface area contributed by atoms with Crippen LogP contribution in [0, 0.1) is 0 Å². The van der Waals surface area contributed by atoms with Gasteiger partial charge < -0.3 is 5.32 Å². The maximum absolute atomic E-state index is 12.4. The zero-order valence-corrected chi connectivity index (χ0v) is 10.7. The number of rotatable bonds is 4. The van der Waals surface area contributed by atoms with Gasteiger partial charge in [-0.25, -0.2) is 9.97 Å². The Bertz CT molecular complexity index is 386. The summed E-state index contributed by atoms with van der Waals surface area (Å²) in [5.74, 6) is -0.397. The van der Waals surface area contributed by atoms with Gasteiger partial charge >= 0.3 is 6.18 Å². The zero-order chi connectivity index (χ0) is 13.1. The summed E-state index contributed by atoms with van der Waals surface area (Å²) in [6, 6.07) is 1.27. The standard InChI is InChI=1S/C9H11ClF3N3S/c1-5(4-17-2)14-7-3-6(10)15-8(16-7)9(11,12)13/h3,5H,4H2,1-2H3,(H,14,15,16). The fraction of sp³-hybridized carbons (Fsp3) is 0.556. The molecule has 1 aromatic rings. The van der Waals surface area contributed by atoms with Crippen LogP contribution >= 0.6 is 23.4 Å². The Kier molecular flexibility index (Phi) is 4.88. The lowest BCUT2D eigenvalue weighted by atomic mass is 10.4. The summed E-state index contributed by atoms with van der Waals surface area (Å²) in [7, 11) is 0. The SMILES string of the molecule is CSCC(C)Nc1cc(Cl)nc(C(F)(F)F)n1. The molecule has 0 amide bonds.